The van der Waals surface area contributed by atoms with Crippen molar-refractivity contribution >= 4 is 47.4 Å². The quantitative estimate of drug-likeness (QED) is 0.792. The average molecular weight is 250 g/mol. The van der Waals surface area contributed by atoms with E-state index in [9.17, 15) is 4.79 Å². The minimum Gasteiger partial charge on any atom is -0.325 e. The molecule has 1 N–H and O–H groups in total. The van der Waals surface area contributed by atoms with E-state index >= 15 is 0 Å². The van der Waals surface area contributed by atoms with Gasteiger partial charge in [-0.2, -0.15) is 12.6 Å². The molecule has 1 aromatic rings. The highest BCUT2D eigenvalue weighted by Crippen LogP contribution is 2.25. The van der Waals surface area contributed by atoms with Gasteiger partial charge in [-0.3, -0.25) is 4.79 Å². The van der Waals surface area contributed by atoms with E-state index in [1.54, 1.807) is 18.2 Å². The first kappa shape index (κ1) is 11.7. The summed E-state index contributed by atoms with van der Waals surface area (Å²) in [7, 11) is 0. The third-order valence-electron chi connectivity index (χ3n) is 1.54. The number of amides is 1. The molecular formula is C9H9Cl2NOS. The lowest BCUT2D eigenvalue weighted by Gasteiger charge is -2.06. The van der Waals surface area contributed by atoms with E-state index in [1.165, 1.54) is 0 Å². The van der Waals surface area contributed by atoms with Crippen LogP contribution in [0.25, 0.3) is 0 Å². The minimum atomic E-state index is -0.107. The van der Waals surface area contributed by atoms with E-state index < -0.39 is 0 Å². The zero-order valence-corrected chi connectivity index (χ0v) is 9.66. The summed E-state index contributed by atoms with van der Waals surface area (Å²) >= 11 is 15.5. The third-order valence-corrected chi connectivity index (χ3v) is 2.32. The van der Waals surface area contributed by atoms with Gasteiger partial charge in [0.25, 0.3) is 0 Å². The minimum absolute atomic E-state index is 0.107. The lowest BCUT2D eigenvalue weighted by molar-refractivity contribution is -0.115. The van der Waals surface area contributed by atoms with Crippen molar-refractivity contribution < 1.29 is 4.79 Å². The number of hydrogen-bond donors (Lipinski definition) is 2. The number of halogens is 2. The van der Waals surface area contributed by atoms with Gasteiger partial charge < -0.3 is 5.32 Å². The topological polar surface area (TPSA) is 29.1 Å². The van der Waals surface area contributed by atoms with Crippen LogP contribution in [-0.2, 0) is 4.79 Å². The summed E-state index contributed by atoms with van der Waals surface area (Å²) in [5, 5.41) is 3.64. The van der Waals surface area contributed by atoms with Crippen LogP contribution >= 0.6 is 35.8 Å². The van der Waals surface area contributed by atoms with E-state index in [0.717, 1.165) is 0 Å². The van der Waals surface area contributed by atoms with Crippen molar-refractivity contribution in [1.82, 2.24) is 0 Å². The van der Waals surface area contributed by atoms with Crippen LogP contribution in [0.4, 0.5) is 5.69 Å². The molecule has 0 aliphatic heterocycles. The number of thiol groups is 1. The van der Waals surface area contributed by atoms with E-state index in [-0.39, 0.29) is 5.91 Å². The van der Waals surface area contributed by atoms with Gasteiger partial charge in [-0.15, -0.1) is 0 Å². The standard InChI is InChI=1S/C9H9Cl2NOS/c10-6-1-2-8(7(11)5-6)12-9(13)3-4-14/h1-2,5,14H,3-4H2,(H,12,13). The normalized spacial score (nSPS) is 9.93. The van der Waals surface area contributed by atoms with Crippen LogP contribution in [0, 0.1) is 0 Å². The first-order valence-electron chi connectivity index (χ1n) is 3.99. The highest BCUT2D eigenvalue weighted by Gasteiger charge is 2.04. The Balaban J connectivity index is 2.72. The number of rotatable bonds is 3. The zero-order valence-electron chi connectivity index (χ0n) is 7.26. The predicted octanol–water partition coefficient (Wildman–Crippen LogP) is 3.25. The Morgan fingerprint density at radius 2 is 2.14 bits per heavy atom. The maximum Gasteiger partial charge on any atom is 0.225 e. The fourth-order valence-electron chi connectivity index (χ4n) is 0.905. The lowest BCUT2D eigenvalue weighted by atomic mass is 10.3. The number of anilines is 1. The van der Waals surface area contributed by atoms with Crippen LogP contribution in [0.15, 0.2) is 18.2 Å². The molecule has 2 nitrogen and oxygen atoms in total. The predicted molar refractivity (Wildman–Crippen MR) is 63.6 cm³/mol. The Hall–Kier alpha value is -0.380. The molecule has 0 unspecified atom stereocenters. The monoisotopic (exact) mass is 249 g/mol. The van der Waals surface area contributed by atoms with Gasteiger partial charge in [0, 0.05) is 11.4 Å². The molecule has 76 valence electrons. The van der Waals surface area contributed by atoms with Gasteiger partial charge in [0.05, 0.1) is 10.7 Å². The van der Waals surface area contributed by atoms with Gasteiger partial charge >= 0.3 is 0 Å². The second-order valence-electron chi connectivity index (χ2n) is 2.65. The van der Waals surface area contributed by atoms with Crippen molar-refractivity contribution in [2.75, 3.05) is 11.1 Å². The first-order chi connectivity index (χ1) is 6.63. The van der Waals surface area contributed by atoms with E-state index in [1.807, 2.05) is 0 Å². The molecule has 14 heavy (non-hydrogen) atoms. The highest BCUT2D eigenvalue weighted by atomic mass is 35.5. The number of hydrogen-bond acceptors (Lipinski definition) is 2. The van der Waals surface area contributed by atoms with Gasteiger partial charge in [0.2, 0.25) is 5.91 Å². The molecule has 0 spiro atoms. The molecule has 5 heteroatoms. The van der Waals surface area contributed by atoms with Crippen LogP contribution < -0.4 is 5.32 Å². The van der Waals surface area contributed by atoms with Crippen LogP contribution in [0.5, 0.6) is 0 Å². The van der Waals surface area contributed by atoms with Gasteiger partial charge in [0.1, 0.15) is 0 Å². The van der Waals surface area contributed by atoms with Gasteiger partial charge in [-0.25, -0.2) is 0 Å². The van der Waals surface area contributed by atoms with Gasteiger partial charge in [-0.1, -0.05) is 23.2 Å². The van der Waals surface area contributed by atoms with Crippen LogP contribution in [0.1, 0.15) is 6.42 Å². The second-order valence-corrected chi connectivity index (χ2v) is 3.94. The molecule has 1 amide bonds. The maximum absolute atomic E-state index is 11.2. The number of carbonyl (C=O) groups excluding carboxylic acids is 1. The molecule has 0 bridgehead atoms. The molecular weight excluding hydrogens is 241 g/mol. The van der Waals surface area contributed by atoms with Crippen LogP contribution in [0.3, 0.4) is 0 Å². The summed E-state index contributed by atoms with van der Waals surface area (Å²) in [4.78, 5) is 11.2. The summed E-state index contributed by atoms with van der Waals surface area (Å²) in [5.41, 5.74) is 0.572. The summed E-state index contributed by atoms with van der Waals surface area (Å²) in [6.07, 6.45) is 0.363. The van der Waals surface area contributed by atoms with Crippen LogP contribution in [-0.4, -0.2) is 11.7 Å². The number of benzene rings is 1. The molecule has 1 rings (SSSR count). The second kappa shape index (κ2) is 5.49. The van der Waals surface area contributed by atoms with Crippen molar-refractivity contribution in [2.24, 2.45) is 0 Å². The largest absolute Gasteiger partial charge is 0.325 e. The molecule has 0 aliphatic rings. The zero-order chi connectivity index (χ0) is 10.6. The summed E-state index contributed by atoms with van der Waals surface area (Å²) < 4.78 is 0. The molecule has 0 heterocycles. The molecule has 1 aromatic carbocycles. The lowest BCUT2D eigenvalue weighted by Crippen LogP contribution is -2.11. The third kappa shape index (κ3) is 3.40. The molecule has 0 aliphatic carbocycles. The van der Waals surface area contributed by atoms with Crippen molar-refractivity contribution in [2.45, 2.75) is 6.42 Å². The van der Waals surface area contributed by atoms with Gasteiger partial charge in [-0.05, 0) is 24.0 Å². The van der Waals surface area contributed by atoms with Crippen LogP contribution in [0.2, 0.25) is 10.0 Å². The van der Waals surface area contributed by atoms with E-state index in [0.29, 0.717) is 27.9 Å². The molecule has 0 aromatic heterocycles. The Morgan fingerprint density at radius 3 is 2.71 bits per heavy atom. The fourth-order valence-corrected chi connectivity index (χ4v) is 1.56. The Bertz CT molecular complexity index is 344. The number of carbonyl (C=O) groups is 1. The SMILES string of the molecule is O=C(CCS)Nc1ccc(Cl)cc1Cl. The smallest absolute Gasteiger partial charge is 0.225 e. The molecule has 0 saturated heterocycles. The van der Waals surface area contributed by atoms with Gasteiger partial charge in [0.15, 0.2) is 0 Å². The molecule has 0 fully saturated rings. The summed E-state index contributed by atoms with van der Waals surface area (Å²) in [6.45, 7) is 0. The first-order valence-corrected chi connectivity index (χ1v) is 5.38. The molecule has 0 saturated carbocycles. The highest BCUT2D eigenvalue weighted by molar-refractivity contribution is 7.80. The van der Waals surface area contributed by atoms with E-state index in [4.69, 9.17) is 23.2 Å². The van der Waals surface area contributed by atoms with Crippen molar-refractivity contribution in [3.63, 3.8) is 0 Å². The average Bonchev–Trinajstić information content (AvgIpc) is 2.10. The van der Waals surface area contributed by atoms with Crippen molar-refractivity contribution in [3.05, 3.63) is 28.2 Å². The Kier molecular flexibility index (Phi) is 4.58. The number of nitrogens with one attached hydrogen (secondary N) is 1. The maximum atomic E-state index is 11.2. The Morgan fingerprint density at radius 1 is 1.43 bits per heavy atom. The van der Waals surface area contributed by atoms with Crippen molar-refractivity contribution in [3.8, 4) is 0 Å². The van der Waals surface area contributed by atoms with Crippen molar-refractivity contribution in [1.29, 1.82) is 0 Å². The molecule has 0 atom stereocenters. The molecule has 0 radical (unpaired) electrons. The summed E-state index contributed by atoms with van der Waals surface area (Å²) in [5.74, 6) is 0.404. The summed E-state index contributed by atoms with van der Waals surface area (Å²) in [6, 6.07) is 4.92. The van der Waals surface area contributed by atoms with E-state index in [2.05, 4.69) is 17.9 Å². The Labute approximate surface area is 98.0 Å². The fraction of sp³-hybridized carbons (Fsp3) is 0.222.